The van der Waals surface area contributed by atoms with Crippen LogP contribution >= 0.6 is 0 Å². The second kappa shape index (κ2) is 7.41. The van der Waals surface area contributed by atoms with Crippen LogP contribution in [-0.4, -0.2) is 48.7 Å². The second-order valence-electron chi connectivity index (χ2n) is 5.93. The van der Waals surface area contributed by atoms with Gasteiger partial charge < -0.3 is 14.7 Å². The van der Waals surface area contributed by atoms with E-state index in [-0.39, 0.29) is 24.2 Å². The number of rotatable bonds is 5. The van der Waals surface area contributed by atoms with Gasteiger partial charge in [0.25, 0.3) is 5.91 Å². The molecule has 2 rings (SSSR count). The predicted molar refractivity (Wildman–Crippen MR) is 82.8 cm³/mol. The lowest BCUT2D eigenvalue weighted by Gasteiger charge is -2.38. The van der Waals surface area contributed by atoms with E-state index in [1.165, 1.54) is 24.1 Å². The van der Waals surface area contributed by atoms with Crippen LogP contribution in [0.2, 0.25) is 0 Å². The molecule has 1 aliphatic heterocycles. The van der Waals surface area contributed by atoms with E-state index in [2.05, 4.69) is 0 Å². The Labute approximate surface area is 139 Å². The van der Waals surface area contributed by atoms with Crippen LogP contribution in [0.4, 0.5) is 4.39 Å². The van der Waals surface area contributed by atoms with Crippen molar-refractivity contribution in [2.24, 2.45) is 5.41 Å². The van der Waals surface area contributed by atoms with E-state index in [9.17, 15) is 19.1 Å². The zero-order chi connectivity index (χ0) is 17.7. The van der Waals surface area contributed by atoms with Crippen LogP contribution in [0.1, 0.15) is 35.2 Å². The average molecular weight is 334 g/mol. The van der Waals surface area contributed by atoms with Gasteiger partial charge in [-0.25, -0.2) is 4.39 Å². The standard InChI is InChI=1S/C17H19FN2O4/c1-24-9-6-17(16(22)23)4-7-20(8-5-17)15(21)13-3-2-12(11-19)10-14(13)18/h2-3,10H,4-9H2,1H3,(H,22,23). The number of benzene rings is 1. The molecule has 1 fully saturated rings. The molecule has 1 saturated heterocycles. The monoisotopic (exact) mass is 334 g/mol. The summed E-state index contributed by atoms with van der Waals surface area (Å²) in [5, 5.41) is 18.3. The molecule has 1 heterocycles. The summed E-state index contributed by atoms with van der Waals surface area (Å²) in [6.45, 7) is 0.826. The Bertz CT molecular complexity index is 676. The largest absolute Gasteiger partial charge is 0.481 e. The molecule has 1 amide bonds. The highest BCUT2D eigenvalue weighted by molar-refractivity contribution is 5.94. The third kappa shape index (κ3) is 3.54. The van der Waals surface area contributed by atoms with Crippen molar-refractivity contribution in [1.82, 2.24) is 4.90 Å². The summed E-state index contributed by atoms with van der Waals surface area (Å²) in [4.78, 5) is 25.5. The van der Waals surface area contributed by atoms with E-state index in [1.54, 1.807) is 0 Å². The number of carboxylic acids is 1. The highest BCUT2D eigenvalue weighted by Crippen LogP contribution is 2.36. The van der Waals surface area contributed by atoms with E-state index in [1.807, 2.05) is 6.07 Å². The number of hydrogen-bond acceptors (Lipinski definition) is 4. The molecule has 0 atom stereocenters. The Morgan fingerprint density at radius 3 is 2.58 bits per heavy atom. The van der Waals surface area contributed by atoms with Gasteiger partial charge in [-0.3, -0.25) is 9.59 Å². The van der Waals surface area contributed by atoms with E-state index in [0.29, 0.717) is 25.9 Å². The van der Waals surface area contributed by atoms with Crippen LogP contribution in [-0.2, 0) is 9.53 Å². The smallest absolute Gasteiger partial charge is 0.309 e. The lowest BCUT2D eigenvalue weighted by molar-refractivity contribution is -0.153. The number of nitriles is 1. The molecule has 0 aromatic heterocycles. The maximum absolute atomic E-state index is 14.0. The lowest BCUT2D eigenvalue weighted by atomic mass is 9.76. The maximum Gasteiger partial charge on any atom is 0.309 e. The molecule has 24 heavy (non-hydrogen) atoms. The molecule has 0 bridgehead atoms. The van der Waals surface area contributed by atoms with Gasteiger partial charge in [0.15, 0.2) is 0 Å². The first kappa shape index (κ1) is 17.9. The van der Waals surface area contributed by atoms with Crippen molar-refractivity contribution < 1.29 is 23.8 Å². The molecular formula is C17H19FN2O4. The molecule has 0 aliphatic carbocycles. The van der Waals surface area contributed by atoms with Crippen LogP contribution < -0.4 is 0 Å². The Morgan fingerprint density at radius 2 is 2.08 bits per heavy atom. The number of aliphatic carboxylic acids is 1. The Balaban J connectivity index is 2.10. The molecule has 128 valence electrons. The molecule has 0 radical (unpaired) electrons. The minimum absolute atomic E-state index is 0.103. The number of hydrogen-bond donors (Lipinski definition) is 1. The van der Waals surface area contributed by atoms with Gasteiger partial charge in [-0.1, -0.05) is 0 Å². The fraction of sp³-hybridized carbons (Fsp3) is 0.471. The number of carbonyl (C=O) groups excluding carboxylic acids is 1. The normalized spacial score (nSPS) is 16.5. The molecule has 1 aliphatic rings. The Kier molecular flexibility index (Phi) is 5.52. The van der Waals surface area contributed by atoms with Gasteiger partial charge in [0.1, 0.15) is 5.82 Å². The van der Waals surface area contributed by atoms with Crippen LogP contribution in [0.3, 0.4) is 0 Å². The number of likely N-dealkylation sites (tertiary alicyclic amines) is 1. The van der Waals surface area contributed by atoms with Crippen molar-refractivity contribution in [3.8, 4) is 6.07 Å². The summed E-state index contributed by atoms with van der Waals surface area (Å²) >= 11 is 0. The van der Waals surface area contributed by atoms with E-state index in [4.69, 9.17) is 10.00 Å². The first-order valence-corrected chi connectivity index (χ1v) is 7.65. The summed E-state index contributed by atoms with van der Waals surface area (Å²) < 4.78 is 19.0. The maximum atomic E-state index is 14.0. The zero-order valence-electron chi connectivity index (χ0n) is 13.4. The van der Waals surface area contributed by atoms with Gasteiger partial charge in [0.05, 0.1) is 22.6 Å². The van der Waals surface area contributed by atoms with Crippen molar-refractivity contribution >= 4 is 11.9 Å². The van der Waals surface area contributed by atoms with Gasteiger partial charge in [-0.05, 0) is 37.5 Å². The van der Waals surface area contributed by atoms with Crippen LogP contribution in [0.25, 0.3) is 0 Å². The highest BCUT2D eigenvalue weighted by Gasteiger charge is 2.42. The summed E-state index contributed by atoms with van der Waals surface area (Å²) in [5.74, 6) is -2.12. The number of amides is 1. The third-order valence-electron chi connectivity index (χ3n) is 4.57. The van der Waals surface area contributed by atoms with Crippen LogP contribution in [0, 0.1) is 22.6 Å². The summed E-state index contributed by atoms with van der Waals surface area (Å²) in [7, 11) is 1.52. The minimum Gasteiger partial charge on any atom is -0.481 e. The fourth-order valence-corrected chi connectivity index (χ4v) is 2.93. The second-order valence-corrected chi connectivity index (χ2v) is 5.93. The van der Waals surface area contributed by atoms with Crippen molar-refractivity contribution in [1.29, 1.82) is 5.26 Å². The quantitative estimate of drug-likeness (QED) is 0.890. The Hall–Kier alpha value is -2.46. The predicted octanol–water partition coefficient (Wildman–Crippen LogP) is 2.04. The number of piperidine rings is 1. The third-order valence-corrected chi connectivity index (χ3v) is 4.57. The van der Waals surface area contributed by atoms with Gasteiger partial charge in [-0.15, -0.1) is 0 Å². The molecule has 0 saturated carbocycles. The lowest BCUT2D eigenvalue weighted by Crippen LogP contribution is -2.47. The first-order chi connectivity index (χ1) is 11.4. The van der Waals surface area contributed by atoms with Crippen molar-refractivity contribution in [3.63, 3.8) is 0 Å². The topological polar surface area (TPSA) is 90.6 Å². The molecule has 0 spiro atoms. The van der Waals surface area contributed by atoms with Crippen molar-refractivity contribution in [3.05, 3.63) is 35.1 Å². The van der Waals surface area contributed by atoms with E-state index >= 15 is 0 Å². The SMILES string of the molecule is COCCC1(C(=O)O)CCN(C(=O)c2ccc(C#N)cc2F)CC1. The number of nitrogens with zero attached hydrogens (tertiary/aromatic N) is 2. The fourth-order valence-electron chi connectivity index (χ4n) is 2.93. The van der Waals surface area contributed by atoms with E-state index in [0.717, 1.165) is 6.07 Å². The number of carbonyl (C=O) groups is 2. The van der Waals surface area contributed by atoms with Crippen molar-refractivity contribution in [2.45, 2.75) is 19.3 Å². The number of methoxy groups -OCH3 is 1. The van der Waals surface area contributed by atoms with Gasteiger partial charge in [0.2, 0.25) is 0 Å². The molecule has 7 heteroatoms. The summed E-state index contributed by atoms with van der Waals surface area (Å²) in [5.41, 5.74) is -0.864. The van der Waals surface area contributed by atoms with E-state index < -0.39 is 23.1 Å². The molecular weight excluding hydrogens is 315 g/mol. The van der Waals surface area contributed by atoms with Crippen LogP contribution in [0.5, 0.6) is 0 Å². The van der Waals surface area contributed by atoms with Gasteiger partial charge >= 0.3 is 5.97 Å². The Morgan fingerprint density at radius 1 is 1.42 bits per heavy atom. The first-order valence-electron chi connectivity index (χ1n) is 7.65. The molecule has 6 nitrogen and oxygen atoms in total. The zero-order valence-corrected chi connectivity index (χ0v) is 13.4. The molecule has 1 aromatic rings. The van der Waals surface area contributed by atoms with Crippen LogP contribution in [0.15, 0.2) is 18.2 Å². The van der Waals surface area contributed by atoms with Gasteiger partial charge in [0, 0.05) is 26.8 Å². The summed E-state index contributed by atoms with van der Waals surface area (Å²) in [6.07, 6.45) is 0.983. The van der Waals surface area contributed by atoms with Gasteiger partial charge in [-0.2, -0.15) is 5.26 Å². The molecule has 1 aromatic carbocycles. The summed E-state index contributed by atoms with van der Waals surface area (Å²) in [6, 6.07) is 5.52. The highest BCUT2D eigenvalue weighted by atomic mass is 19.1. The average Bonchev–Trinajstić information content (AvgIpc) is 2.59. The number of ether oxygens (including phenoxy) is 1. The number of halogens is 1. The minimum atomic E-state index is -0.907. The molecule has 1 N–H and O–H groups in total. The van der Waals surface area contributed by atoms with Crippen molar-refractivity contribution in [2.75, 3.05) is 26.8 Å². The molecule has 0 unspecified atom stereocenters. The number of carboxylic acid groups (broad SMARTS) is 1.